The minimum atomic E-state index is -0.187. The molecule has 2 rings (SSSR count). The summed E-state index contributed by atoms with van der Waals surface area (Å²) in [6, 6.07) is 12.9. The van der Waals surface area contributed by atoms with Crippen LogP contribution in [0.3, 0.4) is 0 Å². The highest BCUT2D eigenvalue weighted by atomic mass is 16.5. The van der Waals surface area contributed by atoms with Gasteiger partial charge in [-0.1, -0.05) is 25.1 Å². The first-order valence-electron chi connectivity index (χ1n) is 8.69. The summed E-state index contributed by atoms with van der Waals surface area (Å²) < 4.78 is 5.53. The maximum atomic E-state index is 12.2. The van der Waals surface area contributed by atoms with Crippen LogP contribution in [0.5, 0.6) is 5.75 Å². The molecular weight excluding hydrogens is 330 g/mol. The summed E-state index contributed by atoms with van der Waals surface area (Å²) in [7, 11) is 0. The first-order chi connectivity index (χ1) is 12.5. The molecule has 0 aliphatic heterocycles. The Labute approximate surface area is 153 Å². The zero-order valence-electron chi connectivity index (χ0n) is 15.4. The van der Waals surface area contributed by atoms with E-state index in [1.807, 2.05) is 50.2 Å². The Morgan fingerprint density at radius 2 is 1.73 bits per heavy atom. The molecule has 3 N–H and O–H groups in total. The molecule has 0 aliphatic rings. The Kier molecular flexibility index (Phi) is 7.02. The number of carbonyl (C=O) groups excluding carboxylic acids is 2. The second-order valence-corrected chi connectivity index (χ2v) is 5.76. The number of rotatable bonds is 8. The third kappa shape index (κ3) is 5.51. The summed E-state index contributed by atoms with van der Waals surface area (Å²) in [4.78, 5) is 23.8. The molecule has 0 bridgehead atoms. The predicted octanol–water partition coefficient (Wildman–Crippen LogP) is 3.79. The molecule has 0 aromatic heterocycles. The van der Waals surface area contributed by atoms with E-state index in [1.165, 1.54) is 0 Å². The molecule has 0 radical (unpaired) electrons. The van der Waals surface area contributed by atoms with Crippen molar-refractivity contribution < 1.29 is 14.3 Å². The van der Waals surface area contributed by atoms with Crippen molar-refractivity contribution in [2.24, 2.45) is 0 Å². The van der Waals surface area contributed by atoms with Gasteiger partial charge in [-0.05, 0) is 43.7 Å². The van der Waals surface area contributed by atoms with E-state index in [0.29, 0.717) is 30.2 Å². The van der Waals surface area contributed by atoms with Gasteiger partial charge in [0.2, 0.25) is 11.8 Å². The molecule has 2 aromatic rings. The molecule has 2 amide bonds. The lowest BCUT2D eigenvalue weighted by molar-refractivity contribution is -0.116. The highest BCUT2D eigenvalue weighted by molar-refractivity contribution is 5.96. The first kappa shape index (κ1) is 19.3. The van der Waals surface area contributed by atoms with Crippen LogP contribution in [0.2, 0.25) is 0 Å². The third-order valence-corrected chi connectivity index (χ3v) is 3.74. The van der Waals surface area contributed by atoms with Gasteiger partial charge in [0.15, 0.2) is 0 Å². The monoisotopic (exact) mass is 355 g/mol. The molecule has 0 aliphatic carbocycles. The minimum Gasteiger partial charge on any atom is -0.492 e. The molecule has 0 saturated carbocycles. The highest BCUT2D eigenvalue weighted by Gasteiger charge is 2.08. The second-order valence-electron chi connectivity index (χ2n) is 5.76. The average molecular weight is 355 g/mol. The van der Waals surface area contributed by atoms with E-state index in [1.54, 1.807) is 13.0 Å². The maximum Gasteiger partial charge on any atom is 0.243 e. The zero-order chi connectivity index (χ0) is 18.9. The van der Waals surface area contributed by atoms with Crippen molar-refractivity contribution in [2.75, 3.05) is 29.1 Å². The van der Waals surface area contributed by atoms with Gasteiger partial charge in [0.25, 0.3) is 0 Å². The van der Waals surface area contributed by atoms with Gasteiger partial charge in [0.1, 0.15) is 5.75 Å². The van der Waals surface area contributed by atoms with Crippen LogP contribution in [-0.4, -0.2) is 25.0 Å². The van der Waals surface area contributed by atoms with E-state index >= 15 is 0 Å². The van der Waals surface area contributed by atoms with Gasteiger partial charge in [-0.2, -0.15) is 0 Å². The first-order valence-corrected chi connectivity index (χ1v) is 8.69. The molecule has 0 spiro atoms. The molecule has 0 heterocycles. The number of ether oxygens (including phenoxy) is 1. The van der Waals surface area contributed by atoms with Gasteiger partial charge in [-0.15, -0.1) is 0 Å². The van der Waals surface area contributed by atoms with Crippen LogP contribution in [0, 0.1) is 6.92 Å². The fourth-order valence-electron chi connectivity index (χ4n) is 2.35. The van der Waals surface area contributed by atoms with Crippen molar-refractivity contribution in [1.29, 1.82) is 0 Å². The number of para-hydroxylation sites is 2. The van der Waals surface area contributed by atoms with Crippen LogP contribution < -0.4 is 20.7 Å². The summed E-state index contributed by atoms with van der Waals surface area (Å²) >= 11 is 0. The Morgan fingerprint density at radius 1 is 0.962 bits per heavy atom. The average Bonchev–Trinajstić information content (AvgIpc) is 2.64. The van der Waals surface area contributed by atoms with Crippen molar-refractivity contribution in [1.82, 2.24) is 0 Å². The van der Waals surface area contributed by atoms with Crippen molar-refractivity contribution >= 4 is 28.9 Å². The zero-order valence-corrected chi connectivity index (χ0v) is 15.4. The number of anilines is 3. The number of hydrogen-bond acceptors (Lipinski definition) is 4. The van der Waals surface area contributed by atoms with Crippen LogP contribution in [-0.2, 0) is 9.59 Å². The molecule has 0 saturated heterocycles. The van der Waals surface area contributed by atoms with Crippen LogP contribution in [0.4, 0.5) is 17.1 Å². The quantitative estimate of drug-likeness (QED) is 0.673. The maximum absolute atomic E-state index is 12.2. The molecule has 0 fully saturated rings. The normalized spacial score (nSPS) is 10.1. The van der Waals surface area contributed by atoms with Crippen molar-refractivity contribution in [3.05, 3.63) is 48.0 Å². The fraction of sp³-hybridized carbons (Fsp3) is 0.300. The van der Waals surface area contributed by atoms with E-state index in [0.717, 1.165) is 11.3 Å². The molecule has 0 unspecified atom stereocenters. The van der Waals surface area contributed by atoms with Gasteiger partial charge < -0.3 is 20.7 Å². The standard InChI is InChI=1S/C20H25N3O3/c1-4-19(24)23-17-12-15(11-10-14(17)3)22-20(25)13-21-16-8-6-7-9-18(16)26-5-2/h6-12,21H,4-5,13H2,1-3H3,(H,22,25)(H,23,24). The van der Waals surface area contributed by atoms with E-state index in [9.17, 15) is 9.59 Å². The molecule has 6 heteroatoms. The summed E-state index contributed by atoms with van der Waals surface area (Å²) in [5.74, 6) is 0.460. The molecule has 26 heavy (non-hydrogen) atoms. The van der Waals surface area contributed by atoms with Crippen molar-refractivity contribution in [3.63, 3.8) is 0 Å². The predicted molar refractivity (Wildman–Crippen MR) is 105 cm³/mol. The lowest BCUT2D eigenvalue weighted by Gasteiger charge is -2.13. The molecule has 6 nitrogen and oxygen atoms in total. The Bertz CT molecular complexity index is 775. The molecule has 0 atom stereocenters. The summed E-state index contributed by atoms with van der Waals surface area (Å²) in [6.45, 7) is 6.27. The topological polar surface area (TPSA) is 79.5 Å². The van der Waals surface area contributed by atoms with E-state index in [2.05, 4.69) is 16.0 Å². The Morgan fingerprint density at radius 3 is 2.46 bits per heavy atom. The van der Waals surface area contributed by atoms with Gasteiger partial charge >= 0.3 is 0 Å². The largest absolute Gasteiger partial charge is 0.492 e. The van der Waals surface area contributed by atoms with Crippen molar-refractivity contribution in [2.45, 2.75) is 27.2 Å². The van der Waals surface area contributed by atoms with Crippen LogP contribution >= 0.6 is 0 Å². The van der Waals surface area contributed by atoms with Gasteiger partial charge in [-0.25, -0.2) is 0 Å². The number of benzene rings is 2. The number of carbonyl (C=O) groups is 2. The number of aryl methyl sites for hydroxylation is 1. The SMILES string of the molecule is CCOc1ccccc1NCC(=O)Nc1ccc(C)c(NC(=O)CC)c1. The Balaban J connectivity index is 1.98. The van der Waals surface area contributed by atoms with Crippen LogP contribution in [0.25, 0.3) is 0 Å². The van der Waals surface area contributed by atoms with E-state index in [4.69, 9.17) is 4.74 Å². The fourth-order valence-corrected chi connectivity index (χ4v) is 2.35. The second kappa shape index (κ2) is 9.46. The van der Waals surface area contributed by atoms with Gasteiger partial charge in [0, 0.05) is 17.8 Å². The number of amides is 2. The molecule has 2 aromatic carbocycles. The summed E-state index contributed by atoms with van der Waals surface area (Å²) in [5, 5.41) is 8.74. The van der Waals surface area contributed by atoms with Crippen molar-refractivity contribution in [3.8, 4) is 5.75 Å². The lowest BCUT2D eigenvalue weighted by Crippen LogP contribution is -2.22. The number of nitrogens with one attached hydrogen (secondary N) is 3. The van der Waals surface area contributed by atoms with Gasteiger partial charge in [0.05, 0.1) is 18.8 Å². The lowest BCUT2D eigenvalue weighted by atomic mass is 10.1. The smallest absolute Gasteiger partial charge is 0.243 e. The van der Waals surface area contributed by atoms with E-state index in [-0.39, 0.29) is 18.4 Å². The van der Waals surface area contributed by atoms with Gasteiger partial charge in [-0.3, -0.25) is 9.59 Å². The summed E-state index contributed by atoms with van der Waals surface area (Å²) in [6.07, 6.45) is 0.402. The van der Waals surface area contributed by atoms with Crippen LogP contribution in [0.1, 0.15) is 25.8 Å². The Hall–Kier alpha value is -3.02. The minimum absolute atomic E-state index is 0.0641. The molecular formula is C20H25N3O3. The van der Waals surface area contributed by atoms with E-state index < -0.39 is 0 Å². The van der Waals surface area contributed by atoms with Crippen LogP contribution in [0.15, 0.2) is 42.5 Å². The third-order valence-electron chi connectivity index (χ3n) is 3.74. The molecule has 138 valence electrons. The summed E-state index contributed by atoms with van der Waals surface area (Å²) in [5.41, 5.74) is 3.04. The number of hydrogen-bond donors (Lipinski definition) is 3. The highest BCUT2D eigenvalue weighted by Crippen LogP contribution is 2.24.